The highest BCUT2D eigenvalue weighted by Crippen LogP contribution is 2.63. The van der Waals surface area contributed by atoms with Gasteiger partial charge in [0.1, 0.15) is 0 Å². The lowest BCUT2D eigenvalue weighted by Gasteiger charge is -2.37. The molecule has 0 radical (unpaired) electrons. The van der Waals surface area contributed by atoms with Gasteiger partial charge in [-0.1, -0.05) is 66.7 Å². The van der Waals surface area contributed by atoms with Crippen LogP contribution < -0.4 is 4.90 Å². The molecule has 5 rings (SSSR count). The molecule has 1 heterocycles. The van der Waals surface area contributed by atoms with Crippen LogP contribution >= 0.6 is 0 Å². The molecule has 1 aliphatic carbocycles. The number of rotatable bonds is 4. The van der Waals surface area contributed by atoms with Crippen molar-refractivity contribution in [3.8, 4) is 0 Å². The summed E-state index contributed by atoms with van der Waals surface area (Å²) in [5.74, 6) is -3.41. The summed E-state index contributed by atoms with van der Waals surface area (Å²) in [6, 6.07) is 20.4. The van der Waals surface area contributed by atoms with Crippen molar-refractivity contribution >= 4 is 23.5 Å². The van der Waals surface area contributed by atoms with Crippen LogP contribution in [0.3, 0.4) is 0 Å². The summed E-state index contributed by atoms with van der Waals surface area (Å²) >= 11 is 0. The minimum Gasteiger partial charge on any atom is -0.463 e. The van der Waals surface area contributed by atoms with E-state index >= 15 is 0 Å². The number of amides is 2. The van der Waals surface area contributed by atoms with E-state index in [0.717, 1.165) is 22.6 Å². The van der Waals surface area contributed by atoms with E-state index in [-0.39, 0.29) is 12.2 Å². The van der Waals surface area contributed by atoms with Crippen LogP contribution in [0.2, 0.25) is 0 Å². The quantitative estimate of drug-likeness (QED) is 0.402. The average molecular weight is 520 g/mol. The summed E-state index contributed by atoms with van der Waals surface area (Å²) in [6.45, 7) is 3.01. The third kappa shape index (κ3) is 3.74. The van der Waals surface area contributed by atoms with E-state index in [1.54, 1.807) is 49.4 Å². The molecule has 2 amide bonds. The zero-order valence-electron chi connectivity index (χ0n) is 20.7. The van der Waals surface area contributed by atoms with Gasteiger partial charge in [-0.15, -0.1) is 0 Å². The summed E-state index contributed by atoms with van der Waals surface area (Å²) in [5.41, 5.74) is -0.227. The van der Waals surface area contributed by atoms with E-state index in [0.29, 0.717) is 16.8 Å². The molecule has 1 spiro atoms. The number of imide groups is 1. The van der Waals surface area contributed by atoms with Gasteiger partial charge in [0.15, 0.2) is 0 Å². The lowest BCUT2D eigenvalue weighted by Crippen LogP contribution is -2.48. The molecule has 0 bridgehead atoms. The van der Waals surface area contributed by atoms with Gasteiger partial charge >= 0.3 is 12.1 Å². The molecule has 0 fully saturated rings. The number of hydrogen-bond donors (Lipinski definition) is 0. The number of carbonyl (C=O) groups excluding carboxylic acids is 3. The van der Waals surface area contributed by atoms with Crippen molar-refractivity contribution in [2.75, 3.05) is 11.5 Å². The minimum atomic E-state index is -4.56. The Labute approximate surface area is 217 Å². The molecule has 1 aliphatic heterocycles. The summed E-state index contributed by atoms with van der Waals surface area (Å²) in [4.78, 5) is 41.7. The van der Waals surface area contributed by atoms with E-state index in [9.17, 15) is 27.6 Å². The number of allylic oxidation sites excluding steroid dienone is 1. The van der Waals surface area contributed by atoms with Gasteiger partial charge < -0.3 is 4.74 Å². The molecule has 0 N–H and O–H groups in total. The number of halogens is 3. The highest BCUT2D eigenvalue weighted by molar-refractivity contribution is 6.24. The van der Waals surface area contributed by atoms with E-state index in [1.165, 1.54) is 19.1 Å². The van der Waals surface area contributed by atoms with Gasteiger partial charge in [0, 0.05) is 24.3 Å². The Bertz CT molecular complexity index is 1450. The van der Waals surface area contributed by atoms with Crippen molar-refractivity contribution in [2.45, 2.75) is 37.3 Å². The normalized spacial score (nSPS) is 22.4. The fourth-order valence-electron chi connectivity index (χ4n) is 5.88. The first-order valence-electron chi connectivity index (χ1n) is 12.2. The highest BCUT2D eigenvalue weighted by Gasteiger charge is 2.65. The number of anilines is 1. The number of ether oxygens (including phenoxy) is 1. The number of nitrogens with zero attached hydrogens (tertiary/aromatic N) is 1. The molecule has 3 unspecified atom stereocenters. The van der Waals surface area contributed by atoms with Crippen molar-refractivity contribution in [1.82, 2.24) is 0 Å². The first-order chi connectivity index (χ1) is 18.1. The first kappa shape index (κ1) is 25.4. The van der Waals surface area contributed by atoms with Crippen molar-refractivity contribution in [2.24, 2.45) is 0 Å². The van der Waals surface area contributed by atoms with Crippen molar-refractivity contribution in [1.29, 1.82) is 0 Å². The Balaban J connectivity index is 1.83. The second kappa shape index (κ2) is 9.28. The van der Waals surface area contributed by atoms with Crippen molar-refractivity contribution in [3.63, 3.8) is 0 Å². The van der Waals surface area contributed by atoms with E-state index < -0.39 is 46.8 Å². The van der Waals surface area contributed by atoms with E-state index in [1.807, 2.05) is 18.2 Å². The maximum absolute atomic E-state index is 14.5. The summed E-state index contributed by atoms with van der Waals surface area (Å²) in [5, 5.41) is 0. The summed E-state index contributed by atoms with van der Waals surface area (Å²) in [6.07, 6.45) is -2.88. The number of benzene rings is 3. The lowest BCUT2D eigenvalue weighted by atomic mass is 9.62. The van der Waals surface area contributed by atoms with Crippen LogP contribution in [0, 0.1) is 0 Å². The molecule has 0 aromatic heterocycles. The molecule has 5 nitrogen and oxygen atoms in total. The van der Waals surface area contributed by atoms with Crippen LogP contribution in [-0.2, 0) is 30.7 Å². The topological polar surface area (TPSA) is 63.7 Å². The summed E-state index contributed by atoms with van der Waals surface area (Å²) in [7, 11) is 0. The third-order valence-electron chi connectivity index (χ3n) is 7.31. The Morgan fingerprint density at radius 1 is 0.921 bits per heavy atom. The second-order valence-electron chi connectivity index (χ2n) is 9.33. The maximum atomic E-state index is 14.5. The van der Waals surface area contributed by atoms with Gasteiger partial charge in [0.05, 0.1) is 23.3 Å². The number of fused-ring (bicyclic) bond motifs is 2. The molecular weight excluding hydrogens is 495 g/mol. The van der Waals surface area contributed by atoms with Gasteiger partial charge in [-0.3, -0.25) is 9.59 Å². The minimum absolute atomic E-state index is 0.0724. The molecule has 3 aromatic rings. The average Bonchev–Trinajstić information content (AvgIpc) is 3.38. The second-order valence-corrected chi connectivity index (χ2v) is 9.33. The SMILES string of the molecule is CCOC(=O)C1=CC(c2ccccc2)C2(C(=O)N(C(C)=O)c3ccccc32)C1c1ccc(C(F)(F)F)cc1. The number of para-hydroxylation sites is 1. The van der Waals surface area contributed by atoms with Crippen molar-refractivity contribution < 1.29 is 32.3 Å². The molecule has 0 saturated carbocycles. The molecule has 3 aromatic carbocycles. The Kier molecular flexibility index (Phi) is 6.21. The largest absolute Gasteiger partial charge is 0.463 e. The predicted molar refractivity (Wildman–Crippen MR) is 134 cm³/mol. The van der Waals surface area contributed by atoms with Gasteiger partial charge in [-0.2, -0.15) is 13.2 Å². The molecule has 0 saturated heterocycles. The van der Waals surface area contributed by atoms with E-state index in [2.05, 4.69) is 0 Å². The van der Waals surface area contributed by atoms with Gasteiger partial charge in [-0.05, 0) is 41.8 Å². The molecule has 8 heteroatoms. The lowest BCUT2D eigenvalue weighted by molar-refractivity contribution is -0.139. The first-order valence-corrected chi connectivity index (χ1v) is 12.2. The van der Waals surface area contributed by atoms with E-state index in [4.69, 9.17) is 4.74 Å². The summed E-state index contributed by atoms with van der Waals surface area (Å²) < 4.78 is 45.5. The predicted octanol–water partition coefficient (Wildman–Crippen LogP) is 5.91. The molecule has 38 heavy (non-hydrogen) atoms. The fourth-order valence-corrected chi connectivity index (χ4v) is 5.88. The zero-order chi connectivity index (χ0) is 27.2. The van der Waals surface area contributed by atoms with Crippen LogP contribution in [0.15, 0.2) is 90.5 Å². The number of hydrogen-bond acceptors (Lipinski definition) is 4. The maximum Gasteiger partial charge on any atom is 0.416 e. The number of esters is 1. The Hall–Kier alpha value is -4.20. The van der Waals surface area contributed by atoms with Gasteiger partial charge in [0.2, 0.25) is 11.8 Å². The zero-order valence-corrected chi connectivity index (χ0v) is 20.7. The molecular formula is C30H24F3NO4. The van der Waals surface area contributed by atoms with Crippen LogP contribution in [-0.4, -0.2) is 24.4 Å². The number of carbonyl (C=O) groups is 3. The van der Waals surface area contributed by atoms with Crippen LogP contribution in [0.25, 0.3) is 0 Å². The highest BCUT2D eigenvalue weighted by atomic mass is 19.4. The van der Waals surface area contributed by atoms with Crippen molar-refractivity contribution in [3.05, 3.63) is 113 Å². The molecule has 2 aliphatic rings. The standard InChI is InChI=1S/C30H24F3NO4/c1-3-38-27(36)22-17-24(19-9-5-4-6-10-19)29(26(22)20-13-15-21(16-14-20)30(31,32)33)23-11-7-8-12-25(23)34(18(2)35)28(29)37/h4-17,24,26H,3H2,1-2H3. The van der Waals surface area contributed by atoms with Crippen LogP contribution in [0.5, 0.6) is 0 Å². The van der Waals surface area contributed by atoms with Gasteiger partial charge in [-0.25, -0.2) is 9.69 Å². The Morgan fingerprint density at radius 2 is 1.55 bits per heavy atom. The fraction of sp³-hybridized carbons (Fsp3) is 0.233. The monoisotopic (exact) mass is 519 g/mol. The smallest absolute Gasteiger partial charge is 0.416 e. The van der Waals surface area contributed by atoms with Gasteiger partial charge in [0.25, 0.3) is 0 Å². The molecule has 194 valence electrons. The molecule has 3 atom stereocenters. The third-order valence-corrected chi connectivity index (χ3v) is 7.31. The Morgan fingerprint density at radius 3 is 2.16 bits per heavy atom. The van der Waals surface area contributed by atoms with Crippen LogP contribution in [0.4, 0.5) is 18.9 Å². The van der Waals surface area contributed by atoms with Crippen LogP contribution in [0.1, 0.15) is 47.9 Å². The number of alkyl halides is 3.